The van der Waals surface area contributed by atoms with E-state index in [2.05, 4.69) is 10.1 Å². The van der Waals surface area contributed by atoms with Crippen molar-refractivity contribution >= 4 is 27.6 Å². The van der Waals surface area contributed by atoms with Crippen molar-refractivity contribution in [1.82, 2.24) is 5.32 Å². The Kier molecular flexibility index (Phi) is 7.57. The van der Waals surface area contributed by atoms with Crippen molar-refractivity contribution < 1.29 is 22.7 Å². The van der Waals surface area contributed by atoms with Gasteiger partial charge in [0.25, 0.3) is 0 Å². The summed E-state index contributed by atoms with van der Waals surface area (Å²) in [7, 11) is -2.40. The van der Waals surface area contributed by atoms with Gasteiger partial charge in [-0.25, -0.2) is 13.2 Å². The minimum absolute atomic E-state index is 0.296. The van der Waals surface area contributed by atoms with Crippen LogP contribution in [0.5, 0.6) is 0 Å². The molecule has 0 saturated heterocycles. The van der Waals surface area contributed by atoms with Crippen LogP contribution < -0.4 is 9.62 Å². The fraction of sp³-hybridized carbons (Fsp3) is 0.300. The smallest absolute Gasteiger partial charge is 0.337 e. The molecule has 2 aromatic rings. The number of carbonyl (C=O) groups excluding carboxylic acids is 2. The number of amides is 1. The standard InChI is InChI=1S/C20H24N2O5S/c1-27-20(24)17-10-12-18(13-11-17)22(28(2,25)26)15-19(23)21-14-6-9-16-7-4-3-5-8-16/h3-5,7-8,10-13H,6,9,14-15H2,1-2H3,(H,21,23). The number of hydrogen-bond donors (Lipinski definition) is 1. The lowest BCUT2D eigenvalue weighted by Crippen LogP contribution is -2.40. The van der Waals surface area contributed by atoms with E-state index in [1.54, 1.807) is 0 Å². The van der Waals surface area contributed by atoms with Crippen LogP contribution in [0.2, 0.25) is 0 Å². The van der Waals surface area contributed by atoms with Crippen molar-refractivity contribution in [3.8, 4) is 0 Å². The summed E-state index contributed by atoms with van der Waals surface area (Å²) in [6.07, 6.45) is 2.61. The van der Waals surface area contributed by atoms with Gasteiger partial charge in [0.1, 0.15) is 6.54 Å². The molecule has 0 aromatic heterocycles. The SMILES string of the molecule is COC(=O)c1ccc(N(CC(=O)NCCCc2ccccc2)S(C)(=O)=O)cc1. The number of carbonyl (C=O) groups is 2. The van der Waals surface area contributed by atoms with Gasteiger partial charge in [0.2, 0.25) is 15.9 Å². The van der Waals surface area contributed by atoms with Crippen molar-refractivity contribution in [2.45, 2.75) is 12.8 Å². The summed E-state index contributed by atoms with van der Waals surface area (Å²) < 4.78 is 29.8. The fourth-order valence-electron chi connectivity index (χ4n) is 2.63. The molecule has 0 bridgehead atoms. The van der Waals surface area contributed by atoms with E-state index in [0.717, 1.165) is 23.4 Å². The first kappa shape index (κ1) is 21.4. The van der Waals surface area contributed by atoms with Crippen molar-refractivity contribution in [3.05, 3.63) is 65.7 Å². The minimum Gasteiger partial charge on any atom is -0.465 e. The summed E-state index contributed by atoms with van der Waals surface area (Å²) >= 11 is 0. The highest BCUT2D eigenvalue weighted by Crippen LogP contribution is 2.18. The maximum Gasteiger partial charge on any atom is 0.337 e. The van der Waals surface area contributed by atoms with Gasteiger partial charge in [-0.1, -0.05) is 30.3 Å². The molecule has 0 aliphatic rings. The van der Waals surface area contributed by atoms with Crippen molar-refractivity contribution in [3.63, 3.8) is 0 Å². The van der Waals surface area contributed by atoms with Gasteiger partial charge in [0, 0.05) is 6.54 Å². The van der Waals surface area contributed by atoms with Gasteiger partial charge in [-0.15, -0.1) is 0 Å². The Morgan fingerprint density at radius 2 is 1.68 bits per heavy atom. The second-order valence-electron chi connectivity index (χ2n) is 6.25. The van der Waals surface area contributed by atoms with Gasteiger partial charge >= 0.3 is 5.97 Å². The summed E-state index contributed by atoms with van der Waals surface area (Å²) in [5, 5.41) is 2.74. The molecule has 7 nitrogen and oxygen atoms in total. The van der Waals surface area contributed by atoms with E-state index in [1.165, 1.54) is 36.9 Å². The Morgan fingerprint density at radius 1 is 1.04 bits per heavy atom. The molecular weight excluding hydrogens is 380 g/mol. The van der Waals surface area contributed by atoms with Crippen LogP contribution in [0.25, 0.3) is 0 Å². The Bertz CT molecular complexity index is 896. The van der Waals surface area contributed by atoms with Crippen LogP contribution >= 0.6 is 0 Å². The van der Waals surface area contributed by atoms with Crippen LogP contribution in [0.15, 0.2) is 54.6 Å². The lowest BCUT2D eigenvalue weighted by Gasteiger charge is -2.22. The van der Waals surface area contributed by atoms with Gasteiger partial charge in [-0.2, -0.15) is 0 Å². The molecule has 0 fully saturated rings. The van der Waals surface area contributed by atoms with Gasteiger partial charge in [-0.05, 0) is 42.7 Å². The molecule has 8 heteroatoms. The van der Waals surface area contributed by atoms with E-state index in [-0.39, 0.29) is 6.54 Å². The molecule has 2 aromatic carbocycles. The van der Waals surface area contributed by atoms with Crippen molar-refractivity contribution in [1.29, 1.82) is 0 Å². The summed E-state index contributed by atoms with van der Waals surface area (Å²) in [4.78, 5) is 23.7. The number of anilines is 1. The first-order chi connectivity index (χ1) is 13.3. The van der Waals surface area contributed by atoms with Crippen LogP contribution in [-0.4, -0.2) is 46.7 Å². The van der Waals surface area contributed by atoms with Crippen LogP contribution in [0.1, 0.15) is 22.3 Å². The molecule has 0 aliphatic carbocycles. The molecule has 0 atom stereocenters. The first-order valence-electron chi connectivity index (χ1n) is 8.78. The maximum atomic E-state index is 12.2. The number of rotatable bonds is 9. The third kappa shape index (κ3) is 6.38. The molecule has 150 valence electrons. The zero-order valence-corrected chi connectivity index (χ0v) is 16.7. The molecule has 0 spiro atoms. The highest BCUT2D eigenvalue weighted by molar-refractivity contribution is 7.92. The Morgan fingerprint density at radius 3 is 2.25 bits per heavy atom. The number of nitrogens with zero attached hydrogens (tertiary/aromatic N) is 1. The summed E-state index contributed by atoms with van der Waals surface area (Å²) in [5.41, 5.74) is 1.78. The van der Waals surface area contributed by atoms with Crippen LogP contribution in [0.4, 0.5) is 5.69 Å². The quantitative estimate of drug-likeness (QED) is 0.510. The lowest BCUT2D eigenvalue weighted by molar-refractivity contribution is -0.119. The zero-order chi connectivity index (χ0) is 20.6. The molecule has 0 heterocycles. The van der Waals surface area contributed by atoms with Crippen LogP contribution in [0, 0.1) is 0 Å². The highest BCUT2D eigenvalue weighted by Gasteiger charge is 2.21. The number of sulfonamides is 1. The van der Waals surface area contributed by atoms with Crippen molar-refractivity contribution in [2.24, 2.45) is 0 Å². The second kappa shape index (κ2) is 9.89. The topological polar surface area (TPSA) is 92.8 Å². The lowest BCUT2D eigenvalue weighted by atomic mass is 10.1. The molecule has 0 saturated carbocycles. The van der Waals surface area contributed by atoms with Gasteiger partial charge in [0.15, 0.2) is 0 Å². The third-order valence-corrected chi connectivity index (χ3v) is 5.21. The van der Waals surface area contributed by atoms with E-state index in [9.17, 15) is 18.0 Å². The maximum absolute atomic E-state index is 12.2. The monoisotopic (exact) mass is 404 g/mol. The number of methoxy groups -OCH3 is 1. The van der Waals surface area contributed by atoms with Crippen molar-refractivity contribution in [2.75, 3.05) is 30.8 Å². The minimum atomic E-state index is -3.67. The number of aryl methyl sites for hydroxylation is 1. The fourth-order valence-corrected chi connectivity index (χ4v) is 3.49. The average molecular weight is 404 g/mol. The summed E-state index contributed by atoms with van der Waals surface area (Å²) in [6.45, 7) is 0.119. The Hall–Kier alpha value is -2.87. The number of esters is 1. The van der Waals surface area contributed by atoms with E-state index in [4.69, 9.17) is 0 Å². The summed E-state index contributed by atoms with van der Waals surface area (Å²) in [5.74, 6) is -0.913. The number of hydrogen-bond acceptors (Lipinski definition) is 5. The third-order valence-electron chi connectivity index (χ3n) is 4.07. The largest absolute Gasteiger partial charge is 0.465 e. The molecule has 2 rings (SSSR count). The van der Waals surface area contributed by atoms with Gasteiger partial charge < -0.3 is 10.1 Å². The average Bonchev–Trinajstić information content (AvgIpc) is 2.69. The predicted molar refractivity (Wildman–Crippen MR) is 108 cm³/mol. The predicted octanol–water partition coefficient (Wildman–Crippen LogP) is 1.99. The van der Waals surface area contributed by atoms with E-state index >= 15 is 0 Å². The molecule has 0 unspecified atom stereocenters. The van der Waals surface area contributed by atoms with Gasteiger partial charge in [-0.3, -0.25) is 9.10 Å². The second-order valence-corrected chi connectivity index (χ2v) is 8.15. The van der Waals surface area contributed by atoms with E-state index < -0.39 is 21.9 Å². The summed E-state index contributed by atoms with van der Waals surface area (Å²) in [6, 6.07) is 15.8. The van der Waals surface area contributed by atoms with Gasteiger partial charge in [0.05, 0.1) is 24.6 Å². The zero-order valence-electron chi connectivity index (χ0n) is 15.9. The molecule has 1 amide bonds. The molecule has 1 N–H and O–H groups in total. The normalized spacial score (nSPS) is 10.9. The molecule has 0 aliphatic heterocycles. The molecule has 0 radical (unpaired) electrons. The Labute approximate surface area is 165 Å². The highest BCUT2D eigenvalue weighted by atomic mass is 32.2. The molecule has 28 heavy (non-hydrogen) atoms. The Balaban J connectivity index is 1.94. The van der Waals surface area contributed by atoms with E-state index in [1.807, 2.05) is 30.3 Å². The number of ether oxygens (including phenoxy) is 1. The van der Waals surface area contributed by atoms with E-state index in [0.29, 0.717) is 17.8 Å². The first-order valence-corrected chi connectivity index (χ1v) is 10.6. The van der Waals surface area contributed by atoms with Crippen LogP contribution in [0.3, 0.4) is 0 Å². The molecular formula is C20H24N2O5S. The number of nitrogens with one attached hydrogen (secondary N) is 1. The number of benzene rings is 2. The van der Waals surface area contributed by atoms with Crippen LogP contribution in [-0.2, 0) is 26.0 Å².